The minimum absolute atomic E-state index is 0. The van der Waals surface area contributed by atoms with E-state index < -0.39 is 10.0 Å². The van der Waals surface area contributed by atoms with Crippen molar-refractivity contribution in [2.24, 2.45) is 0 Å². The third-order valence-electron chi connectivity index (χ3n) is 5.91. The first-order valence-corrected chi connectivity index (χ1v) is 13.1. The van der Waals surface area contributed by atoms with Crippen LogP contribution in [0.3, 0.4) is 0 Å². The highest BCUT2D eigenvalue weighted by molar-refractivity contribution is 7.89. The zero-order chi connectivity index (χ0) is 23.1. The SMILES string of the molecule is CCN(CC)S(=O)(=O)c1ccc(OC(C)C)c(CN[C@H]2CCCN[C@H]2c2ccccc2)c1.Cl.Cl. The van der Waals surface area contributed by atoms with Crippen molar-refractivity contribution in [3.8, 4) is 5.75 Å². The van der Waals surface area contributed by atoms with E-state index in [-0.39, 0.29) is 43.0 Å². The van der Waals surface area contributed by atoms with Crippen LogP contribution in [0.4, 0.5) is 0 Å². The van der Waals surface area contributed by atoms with Crippen LogP contribution in [0.2, 0.25) is 0 Å². The van der Waals surface area contributed by atoms with Crippen molar-refractivity contribution < 1.29 is 13.2 Å². The molecular formula is C25H39Cl2N3O3S. The number of halogens is 2. The van der Waals surface area contributed by atoms with Crippen LogP contribution in [0, 0.1) is 0 Å². The molecule has 0 radical (unpaired) electrons. The van der Waals surface area contributed by atoms with Gasteiger partial charge in [-0.05, 0) is 57.0 Å². The predicted molar refractivity (Wildman–Crippen MR) is 144 cm³/mol. The Hall–Kier alpha value is -1.35. The van der Waals surface area contributed by atoms with Crippen molar-refractivity contribution >= 4 is 34.8 Å². The first kappa shape index (κ1) is 30.7. The number of benzene rings is 2. The average molecular weight is 533 g/mol. The maximum atomic E-state index is 13.1. The van der Waals surface area contributed by atoms with Crippen molar-refractivity contribution in [2.45, 2.75) is 70.2 Å². The molecule has 1 saturated heterocycles. The largest absolute Gasteiger partial charge is 0.491 e. The van der Waals surface area contributed by atoms with Gasteiger partial charge in [-0.1, -0.05) is 44.2 Å². The number of nitrogens with one attached hydrogen (secondary N) is 2. The molecule has 0 spiro atoms. The molecule has 34 heavy (non-hydrogen) atoms. The molecule has 2 aromatic rings. The van der Waals surface area contributed by atoms with Crippen LogP contribution in [0.25, 0.3) is 0 Å². The molecule has 6 nitrogen and oxygen atoms in total. The van der Waals surface area contributed by atoms with Crippen molar-refractivity contribution in [1.82, 2.24) is 14.9 Å². The number of nitrogens with zero attached hydrogens (tertiary/aromatic N) is 1. The van der Waals surface area contributed by atoms with Crippen LogP contribution >= 0.6 is 24.8 Å². The van der Waals surface area contributed by atoms with E-state index in [9.17, 15) is 8.42 Å². The van der Waals surface area contributed by atoms with Gasteiger partial charge in [-0.15, -0.1) is 24.8 Å². The van der Waals surface area contributed by atoms with Gasteiger partial charge in [0, 0.05) is 37.3 Å². The number of ether oxygens (including phenoxy) is 1. The Kier molecular flexibility index (Phi) is 12.9. The van der Waals surface area contributed by atoms with Crippen LogP contribution < -0.4 is 15.4 Å². The highest BCUT2D eigenvalue weighted by Crippen LogP contribution is 2.28. The average Bonchev–Trinajstić information content (AvgIpc) is 2.79. The maximum Gasteiger partial charge on any atom is 0.243 e. The molecule has 1 fully saturated rings. The second-order valence-corrected chi connectivity index (χ2v) is 10.4. The van der Waals surface area contributed by atoms with Crippen LogP contribution in [0.5, 0.6) is 5.75 Å². The summed E-state index contributed by atoms with van der Waals surface area (Å²) in [5, 5.41) is 7.32. The van der Waals surface area contributed by atoms with E-state index in [1.807, 2.05) is 33.8 Å². The molecule has 1 aliphatic heterocycles. The normalized spacial score (nSPS) is 18.3. The molecule has 0 saturated carbocycles. The number of hydrogen-bond acceptors (Lipinski definition) is 5. The van der Waals surface area contributed by atoms with Gasteiger partial charge in [0.1, 0.15) is 5.75 Å². The van der Waals surface area contributed by atoms with Crippen LogP contribution in [-0.4, -0.2) is 44.5 Å². The first-order chi connectivity index (χ1) is 15.4. The molecule has 0 aromatic heterocycles. The lowest BCUT2D eigenvalue weighted by molar-refractivity contribution is 0.237. The van der Waals surface area contributed by atoms with Gasteiger partial charge in [0.25, 0.3) is 0 Å². The summed E-state index contributed by atoms with van der Waals surface area (Å²) < 4.78 is 33.7. The van der Waals surface area contributed by atoms with E-state index >= 15 is 0 Å². The molecule has 2 atom stereocenters. The number of rotatable bonds is 10. The van der Waals surface area contributed by atoms with Crippen LogP contribution in [-0.2, 0) is 16.6 Å². The van der Waals surface area contributed by atoms with E-state index in [0.717, 1.165) is 30.7 Å². The molecule has 1 heterocycles. The van der Waals surface area contributed by atoms with Gasteiger partial charge in [-0.3, -0.25) is 0 Å². The molecule has 0 aliphatic carbocycles. The minimum atomic E-state index is -3.53. The van der Waals surface area contributed by atoms with Gasteiger partial charge in [0.05, 0.1) is 11.0 Å². The van der Waals surface area contributed by atoms with Gasteiger partial charge in [-0.25, -0.2) is 8.42 Å². The topological polar surface area (TPSA) is 70.7 Å². The Balaban J connectivity index is 0.00000289. The summed E-state index contributed by atoms with van der Waals surface area (Å²) in [5.74, 6) is 0.728. The lowest BCUT2D eigenvalue weighted by atomic mass is 9.92. The summed E-state index contributed by atoms with van der Waals surface area (Å²) >= 11 is 0. The molecule has 3 rings (SSSR count). The van der Waals surface area contributed by atoms with Gasteiger partial charge >= 0.3 is 0 Å². The fourth-order valence-electron chi connectivity index (χ4n) is 4.30. The summed E-state index contributed by atoms with van der Waals surface area (Å²) in [7, 11) is -3.53. The quantitative estimate of drug-likeness (QED) is 0.454. The molecule has 9 heteroatoms. The summed E-state index contributed by atoms with van der Waals surface area (Å²) in [6.07, 6.45) is 2.17. The van der Waals surface area contributed by atoms with Crippen LogP contribution in [0.15, 0.2) is 53.4 Å². The highest BCUT2D eigenvalue weighted by Gasteiger charge is 2.27. The van der Waals surface area contributed by atoms with Gasteiger partial charge in [0.2, 0.25) is 10.0 Å². The lowest BCUT2D eigenvalue weighted by Crippen LogP contribution is -2.45. The van der Waals surface area contributed by atoms with Crippen molar-refractivity contribution in [2.75, 3.05) is 19.6 Å². The van der Waals surface area contributed by atoms with E-state index in [0.29, 0.717) is 24.5 Å². The third kappa shape index (κ3) is 7.57. The lowest BCUT2D eigenvalue weighted by Gasteiger charge is -2.34. The summed E-state index contributed by atoms with van der Waals surface area (Å²) in [5.41, 5.74) is 2.13. The summed E-state index contributed by atoms with van der Waals surface area (Å²) in [6, 6.07) is 16.2. The molecule has 0 unspecified atom stereocenters. The maximum absolute atomic E-state index is 13.1. The standard InChI is InChI=1S/C25H37N3O3S.2ClH/c1-5-28(6-2)32(29,30)22-14-15-24(31-19(3)4)21(17-22)18-27-23-13-10-16-26-25(23)20-11-8-7-9-12-20;;/h7-9,11-12,14-15,17,19,23,25-27H,5-6,10,13,16,18H2,1-4H3;2*1H/t23-,25-;;/m0../s1. The van der Waals surface area contributed by atoms with Gasteiger partial charge in [-0.2, -0.15) is 4.31 Å². The Morgan fingerprint density at radius 1 is 1.09 bits per heavy atom. The number of hydrogen-bond donors (Lipinski definition) is 2. The molecule has 2 aromatic carbocycles. The molecule has 0 bridgehead atoms. The Morgan fingerprint density at radius 2 is 1.76 bits per heavy atom. The van der Waals surface area contributed by atoms with Crippen molar-refractivity contribution in [1.29, 1.82) is 0 Å². The van der Waals surface area contributed by atoms with E-state index in [1.54, 1.807) is 18.2 Å². The Labute approximate surface area is 217 Å². The van der Waals surface area contributed by atoms with Crippen molar-refractivity contribution in [3.63, 3.8) is 0 Å². The van der Waals surface area contributed by atoms with E-state index in [1.165, 1.54) is 9.87 Å². The fourth-order valence-corrected chi connectivity index (χ4v) is 5.81. The second-order valence-electron chi connectivity index (χ2n) is 8.50. The smallest absolute Gasteiger partial charge is 0.243 e. The zero-order valence-electron chi connectivity index (χ0n) is 20.5. The molecule has 0 amide bonds. The first-order valence-electron chi connectivity index (χ1n) is 11.7. The van der Waals surface area contributed by atoms with E-state index in [2.05, 4.69) is 34.9 Å². The van der Waals surface area contributed by atoms with Gasteiger partial charge in [0.15, 0.2) is 0 Å². The number of piperidine rings is 1. The predicted octanol–water partition coefficient (Wildman–Crippen LogP) is 4.93. The van der Waals surface area contributed by atoms with E-state index in [4.69, 9.17) is 4.74 Å². The molecule has 2 N–H and O–H groups in total. The third-order valence-corrected chi connectivity index (χ3v) is 7.96. The Bertz CT molecular complexity index is 971. The molecule has 192 valence electrons. The minimum Gasteiger partial charge on any atom is -0.491 e. The summed E-state index contributed by atoms with van der Waals surface area (Å²) in [4.78, 5) is 0.315. The van der Waals surface area contributed by atoms with Crippen molar-refractivity contribution in [3.05, 3.63) is 59.7 Å². The fraction of sp³-hybridized carbons (Fsp3) is 0.520. The van der Waals surface area contributed by atoms with Crippen LogP contribution in [0.1, 0.15) is 57.7 Å². The highest BCUT2D eigenvalue weighted by atomic mass is 35.5. The second kappa shape index (κ2) is 14.3. The summed E-state index contributed by atoms with van der Waals surface area (Å²) in [6.45, 7) is 10.1. The zero-order valence-corrected chi connectivity index (χ0v) is 22.9. The van der Waals surface area contributed by atoms with Gasteiger partial charge < -0.3 is 15.4 Å². The molecular weight excluding hydrogens is 493 g/mol. The molecule has 1 aliphatic rings. The Morgan fingerprint density at radius 3 is 2.38 bits per heavy atom. The monoisotopic (exact) mass is 531 g/mol. The number of sulfonamides is 1.